The van der Waals surface area contributed by atoms with Gasteiger partial charge in [0.05, 0.1) is 6.10 Å². The van der Waals surface area contributed by atoms with Crippen molar-refractivity contribution < 1.29 is 13.2 Å². The van der Waals surface area contributed by atoms with Crippen molar-refractivity contribution in [2.75, 3.05) is 25.5 Å². The number of piperidine rings is 1. The number of rotatable bonds is 5. The van der Waals surface area contributed by atoms with Crippen LogP contribution in [0.3, 0.4) is 0 Å². The van der Waals surface area contributed by atoms with Gasteiger partial charge in [-0.2, -0.15) is 4.31 Å². The van der Waals surface area contributed by atoms with Crippen LogP contribution < -0.4 is 5.32 Å². The molecule has 1 aromatic rings. The van der Waals surface area contributed by atoms with Gasteiger partial charge in [0.25, 0.3) is 0 Å². The van der Waals surface area contributed by atoms with Crippen LogP contribution in [0.4, 0.5) is 5.82 Å². The molecule has 6 nitrogen and oxygen atoms in total. The van der Waals surface area contributed by atoms with E-state index in [1.54, 1.807) is 23.5 Å². The zero-order chi connectivity index (χ0) is 16.3. The van der Waals surface area contributed by atoms with Crippen molar-refractivity contribution in [3.63, 3.8) is 0 Å². The minimum absolute atomic E-state index is 0.283. The SMILES string of the molecule is COC1CCC(Nc2ccc(S(=O)(=O)N3CCCCC3)cn2)C1. The number of hydrogen-bond acceptors (Lipinski definition) is 5. The Hall–Kier alpha value is -1.18. The number of sulfonamides is 1. The van der Waals surface area contributed by atoms with Crippen LogP contribution in [0.2, 0.25) is 0 Å². The number of methoxy groups -OCH3 is 1. The summed E-state index contributed by atoms with van der Waals surface area (Å²) in [5.74, 6) is 0.726. The van der Waals surface area contributed by atoms with E-state index in [9.17, 15) is 8.42 Å². The van der Waals surface area contributed by atoms with Gasteiger partial charge in [0.2, 0.25) is 10.0 Å². The molecule has 0 amide bonds. The lowest BCUT2D eigenvalue weighted by Gasteiger charge is -2.25. The third-order valence-corrected chi connectivity index (χ3v) is 6.64. The van der Waals surface area contributed by atoms with Crippen LogP contribution in [0.15, 0.2) is 23.2 Å². The second-order valence-corrected chi connectivity index (χ2v) is 8.29. The summed E-state index contributed by atoms with van der Waals surface area (Å²) in [4.78, 5) is 4.58. The summed E-state index contributed by atoms with van der Waals surface area (Å²) in [5, 5.41) is 3.36. The predicted octanol–water partition coefficient (Wildman–Crippen LogP) is 2.24. The standard InChI is InChI=1S/C16H25N3O3S/c1-22-14-6-5-13(11-14)18-16-8-7-15(12-17-16)23(20,21)19-9-3-2-4-10-19/h7-8,12-14H,2-6,9-11H2,1H3,(H,17,18). The molecule has 1 aromatic heterocycles. The fourth-order valence-electron chi connectivity index (χ4n) is 3.37. The van der Waals surface area contributed by atoms with Crippen molar-refractivity contribution in [3.8, 4) is 0 Å². The molecule has 2 heterocycles. The van der Waals surface area contributed by atoms with E-state index in [2.05, 4.69) is 10.3 Å². The average Bonchev–Trinajstić information content (AvgIpc) is 3.04. The second kappa shape index (κ2) is 7.15. The summed E-state index contributed by atoms with van der Waals surface area (Å²) in [6.45, 7) is 1.23. The van der Waals surface area contributed by atoms with Gasteiger partial charge < -0.3 is 10.1 Å². The Balaban J connectivity index is 1.64. The minimum Gasteiger partial charge on any atom is -0.381 e. The topological polar surface area (TPSA) is 71.5 Å². The predicted molar refractivity (Wildman–Crippen MR) is 88.9 cm³/mol. The molecular weight excluding hydrogens is 314 g/mol. The van der Waals surface area contributed by atoms with Crippen molar-refractivity contribution in [1.29, 1.82) is 0 Å². The molecule has 7 heteroatoms. The summed E-state index contributed by atoms with van der Waals surface area (Å²) in [7, 11) is -1.65. The molecule has 128 valence electrons. The first-order chi connectivity index (χ1) is 11.1. The fraction of sp³-hybridized carbons (Fsp3) is 0.688. The van der Waals surface area contributed by atoms with Crippen LogP contribution >= 0.6 is 0 Å². The first-order valence-corrected chi connectivity index (χ1v) is 9.79. The number of aromatic nitrogens is 1. The monoisotopic (exact) mass is 339 g/mol. The Bertz CT molecular complexity index is 612. The smallest absolute Gasteiger partial charge is 0.244 e. The number of ether oxygens (including phenoxy) is 1. The van der Waals surface area contributed by atoms with Crippen LogP contribution in [0.5, 0.6) is 0 Å². The molecule has 1 aliphatic heterocycles. The van der Waals surface area contributed by atoms with Crippen molar-refractivity contribution in [3.05, 3.63) is 18.3 Å². The van der Waals surface area contributed by atoms with E-state index in [4.69, 9.17) is 4.74 Å². The molecule has 1 aliphatic carbocycles. The molecule has 2 fully saturated rings. The molecular formula is C16H25N3O3S. The van der Waals surface area contributed by atoms with E-state index in [-0.39, 0.29) is 4.90 Å². The van der Waals surface area contributed by atoms with Gasteiger partial charge >= 0.3 is 0 Å². The van der Waals surface area contributed by atoms with Crippen LogP contribution in [0, 0.1) is 0 Å². The maximum absolute atomic E-state index is 12.6. The summed E-state index contributed by atoms with van der Waals surface area (Å²) in [6.07, 6.45) is 7.83. The normalized spacial score (nSPS) is 26.3. The molecule has 2 unspecified atom stereocenters. The Morgan fingerprint density at radius 1 is 1.22 bits per heavy atom. The van der Waals surface area contributed by atoms with Crippen LogP contribution in [-0.4, -0.2) is 50.1 Å². The van der Waals surface area contributed by atoms with E-state index >= 15 is 0 Å². The van der Waals surface area contributed by atoms with E-state index in [0.29, 0.717) is 25.2 Å². The third-order valence-electron chi connectivity index (χ3n) is 4.76. The summed E-state index contributed by atoms with van der Waals surface area (Å²) < 4.78 is 32.1. The zero-order valence-corrected chi connectivity index (χ0v) is 14.4. The van der Waals surface area contributed by atoms with Crippen LogP contribution in [-0.2, 0) is 14.8 Å². The Morgan fingerprint density at radius 3 is 2.61 bits per heavy atom. The van der Waals surface area contributed by atoms with E-state index < -0.39 is 10.0 Å². The van der Waals surface area contributed by atoms with Crippen molar-refractivity contribution >= 4 is 15.8 Å². The van der Waals surface area contributed by atoms with Gasteiger partial charge in [-0.05, 0) is 44.2 Å². The van der Waals surface area contributed by atoms with Gasteiger partial charge in [-0.25, -0.2) is 13.4 Å². The highest BCUT2D eigenvalue weighted by molar-refractivity contribution is 7.89. The van der Waals surface area contributed by atoms with E-state index in [1.807, 2.05) is 0 Å². The van der Waals surface area contributed by atoms with Gasteiger partial charge in [-0.15, -0.1) is 0 Å². The first-order valence-electron chi connectivity index (χ1n) is 8.35. The summed E-state index contributed by atoms with van der Waals surface area (Å²) >= 11 is 0. The maximum atomic E-state index is 12.6. The summed E-state index contributed by atoms with van der Waals surface area (Å²) in [5.41, 5.74) is 0. The lowest BCUT2D eigenvalue weighted by Crippen LogP contribution is -2.35. The van der Waals surface area contributed by atoms with Gasteiger partial charge in [0.1, 0.15) is 10.7 Å². The van der Waals surface area contributed by atoms with Crippen molar-refractivity contribution in [2.45, 2.75) is 55.6 Å². The largest absolute Gasteiger partial charge is 0.381 e. The maximum Gasteiger partial charge on any atom is 0.244 e. The number of pyridine rings is 1. The van der Waals surface area contributed by atoms with Crippen LogP contribution in [0.1, 0.15) is 38.5 Å². The Kier molecular flexibility index (Phi) is 5.18. The zero-order valence-electron chi connectivity index (χ0n) is 13.6. The fourth-order valence-corrected chi connectivity index (χ4v) is 4.83. The highest BCUT2D eigenvalue weighted by atomic mass is 32.2. The molecule has 2 aliphatic rings. The van der Waals surface area contributed by atoms with Gasteiger partial charge in [-0.1, -0.05) is 6.42 Å². The highest BCUT2D eigenvalue weighted by Crippen LogP contribution is 2.25. The third kappa shape index (κ3) is 3.84. The first kappa shape index (κ1) is 16.7. The molecule has 0 bridgehead atoms. The number of hydrogen-bond donors (Lipinski definition) is 1. The van der Waals surface area contributed by atoms with Gasteiger partial charge in [-0.3, -0.25) is 0 Å². The van der Waals surface area contributed by atoms with E-state index in [1.165, 1.54) is 6.20 Å². The van der Waals surface area contributed by atoms with Gasteiger partial charge in [0.15, 0.2) is 0 Å². The number of nitrogens with one attached hydrogen (secondary N) is 1. The highest BCUT2D eigenvalue weighted by Gasteiger charge is 2.27. The lowest BCUT2D eigenvalue weighted by molar-refractivity contribution is 0.108. The molecule has 3 rings (SSSR count). The number of anilines is 1. The second-order valence-electron chi connectivity index (χ2n) is 6.36. The quantitative estimate of drug-likeness (QED) is 0.891. The number of nitrogens with zero attached hydrogens (tertiary/aromatic N) is 2. The Morgan fingerprint density at radius 2 is 2.00 bits per heavy atom. The molecule has 0 aromatic carbocycles. The molecule has 1 N–H and O–H groups in total. The molecule has 0 radical (unpaired) electrons. The average molecular weight is 339 g/mol. The van der Waals surface area contributed by atoms with Crippen molar-refractivity contribution in [1.82, 2.24) is 9.29 Å². The summed E-state index contributed by atoms with van der Waals surface area (Å²) in [6, 6.07) is 3.76. The van der Waals surface area contributed by atoms with Crippen LogP contribution in [0.25, 0.3) is 0 Å². The Labute approximate surface area is 138 Å². The molecule has 1 saturated carbocycles. The molecule has 1 saturated heterocycles. The van der Waals surface area contributed by atoms with E-state index in [0.717, 1.165) is 44.3 Å². The molecule has 23 heavy (non-hydrogen) atoms. The minimum atomic E-state index is -3.40. The molecule has 0 spiro atoms. The van der Waals surface area contributed by atoms with Gasteiger partial charge in [0, 0.05) is 32.4 Å². The van der Waals surface area contributed by atoms with Crippen molar-refractivity contribution in [2.24, 2.45) is 0 Å². The molecule has 2 atom stereocenters. The lowest BCUT2D eigenvalue weighted by atomic mass is 10.2.